The first-order valence-corrected chi connectivity index (χ1v) is 8.38. The third kappa shape index (κ3) is 5.33. The molecule has 5 heteroatoms. The summed E-state index contributed by atoms with van der Waals surface area (Å²) in [5.41, 5.74) is 1.14. The van der Waals surface area contributed by atoms with Gasteiger partial charge in [0, 0.05) is 38.7 Å². The number of guanidine groups is 1. The number of hydrogen-bond acceptors (Lipinski definition) is 3. The first kappa shape index (κ1) is 17.9. The minimum atomic E-state index is 0.736. The summed E-state index contributed by atoms with van der Waals surface area (Å²) in [6.07, 6.45) is 3.56. The molecule has 0 bridgehead atoms. The Morgan fingerprint density at radius 3 is 2.79 bits per heavy atom. The predicted molar refractivity (Wildman–Crippen MR) is 97.5 cm³/mol. The van der Waals surface area contributed by atoms with Gasteiger partial charge in [0.2, 0.25) is 0 Å². The monoisotopic (exact) mass is 329 g/mol. The first-order chi connectivity index (χ1) is 11.7. The second-order valence-corrected chi connectivity index (χ2v) is 5.63. The van der Waals surface area contributed by atoms with Gasteiger partial charge in [-0.1, -0.05) is 25.1 Å². The van der Waals surface area contributed by atoms with Crippen LogP contribution < -0.4 is 10.1 Å². The zero-order valence-electron chi connectivity index (χ0n) is 14.8. The maximum Gasteiger partial charge on any atom is 0.193 e. The van der Waals surface area contributed by atoms with Gasteiger partial charge in [-0.2, -0.15) is 0 Å². The number of furan rings is 1. The molecule has 5 nitrogen and oxygen atoms in total. The molecule has 130 valence electrons. The van der Waals surface area contributed by atoms with Gasteiger partial charge in [0.25, 0.3) is 0 Å². The summed E-state index contributed by atoms with van der Waals surface area (Å²) in [7, 11) is 3.74. The average Bonchev–Trinajstić information content (AvgIpc) is 3.11. The van der Waals surface area contributed by atoms with Gasteiger partial charge in [-0.3, -0.25) is 4.99 Å². The van der Waals surface area contributed by atoms with E-state index in [0.29, 0.717) is 0 Å². The van der Waals surface area contributed by atoms with Crippen molar-refractivity contribution < 1.29 is 9.15 Å². The lowest BCUT2D eigenvalue weighted by atomic mass is 10.2. The minimum Gasteiger partial charge on any atom is -0.496 e. The SMILES string of the molecule is CCCN=C(NCCc1ccco1)N(C)Cc1ccccc1OC. The van der Waals surface area contributed by atoms with E-state index in [9.17, 15) is 0 Å². The summed E-state index contributed by atoms with van der Waals surface area (Å²) in [5, 5.41) is 3.43. The Hall–Kier alpha value is -2.43. The molecule has 0 radical (unpaired) electrons. The molecule has 0 spiro atoms. The van der Waals surface area contributed by atoms with Gasteiger partial charge in [-0.25, -0.2) is 0 Å². The fraction of sp³-hybridized carbons (Fsp3) is 0.421. The van der Waals surface area contributed by atoms with Crippen LogP contribution in [0.15, 0.2) is 52.1 Å². The molecule has 0 saturated heterocycles. The Labute approximate surface area is 144 Å². The zero-order chi connectivity index (χ0) is 17.2. The molecule has 0 atom stereocenters. The number of para-hydroxylation sites is 1. The van der Waals surface area contributed by atoms with E-state index in [1.807, 2.05) is 37.4 Å². The van der Waals surface area contributed by atoms with Gasteiger partial charge in [-0.15, -0.1) is 0 Å². The fourth-order valence-corrected chi connectivity index (χ4v) is 2.45. The molecule has 0 amide bonds. The van der Waals surface area contributed by atoms with E-state index in [2.05, 4.69) is 28.2 Å². The predicted octanol–water partition coefficient (Wildman–Crippen LogP) is 3.32. The lowest BCUT2D eigenvalue weighted by molar-refractivity contribution is 0.395. The van der Waals surface area contributed by atoms with Crippen molar-refractivity contribution in [3.63, 3.8) is 0 Å². The molecule has 0 unspecified atom stereocenters. The highest BCUT2D eigenvalue weighted by molar-refractivity contribution is 5.79. The van der Waals surface area contributed by atoms with Crippen LogP contribution in [0.4, 0.5) is 0 Å². The third-order valence-electron chi connectivity index (χ3n) is 3.68. The maximum atomic E-state index is 5.44. The number of nitrogens with zero attached hydrogens (tertiary/aromatic N) is 2. The Kier molecular flexibility index (Phi) is 7.21. The van der Waals surface area contributed by atoms with Gasteiger partial charge >= 0.3 is 0 Å². The van der Waals surface area contributed by atoms with E-state index in [1.54, 1.807) is 13.4 Å². The summed E-state index contributed by atoms with van der Waals surface area (Å²) in [6, 6.07) is 12.0. The standard InChI is InChI=1S/C19H27N3O2/c1-4-12-20-19(21-13-11-17-9-7-14-24-17)22(2)15-16-8-5-6-10-18(16)23-3/h5-10,14H,4,11-13,15H2,1-3H3,(H,20,21). The zero-order valence-corrected chi connectivity index (χ0v) is 14.8. The smallest absolute Gasteiger partial charge is 0.193 e. The van der Waals surface area contributed by atoms with Crippen molar-refractivity contribution in [1.29, 1.82) is 0 Å². The van der Waals surface area contributed by atoms with Crippen molar-refractivity contribution in [2.45, 2.75) is 26.3 Å². The highest BCUT2D eigenvalue weighted by atomic mass is 16.5. The average molecular weight is 329 g/mol. The Balaban J connectivity index is 1.97. The molecule has 1 aromatic heterocycles. The Morgan fingerprint density at radius 1 is 1.25 bits per heavy atom. The van der Waals surface area contributed by atoms with Crippen molar-refractivity contribution in [2.75, 3.05) is 27.2 Å². The largest absolute Gasteiger partial charge is 0.496 e. The minimum absolute atomic E-state index is 0.736. The molecule has 0 fully saturated rings. The number of rotatable bonds is 8. The van der Waals surface area contributed by atoms with Gasteiger partial charge in [0.1, 0.15) is 11.5 Å². The molecular weight excluding hydrogens is 302 g/mol. The van der Waals surface area contributed by atoms with Crippen LogP contribution in [0.2, 0.25) is 0 Å². The summed E-state index contributed by atoms with van der Waals surface area (Å²) >= 11 is 0. The van der Waals surface area contributed by atoms with E-state index in [-0.39, 0.29) is 0 Å². The van der Waals surface area contributed by atoms with Gasteiger partial charge in [0.05, 0.1) is 13.4 Å². The molecular formula is C19H27N3O2. The first-order valence-electron chi connectivity index (χ1n) is 8.38. The van der Waals surface area contributed by atoms with E-state index in [0.717, 1.165) is 55.5 Å². The lowest BCUT2D eigenvalue weighted by Gasteiger charge is -2.23. The summed E-state index contributed by atoms with van der Waals surface area (Å²) in [5.74, 6) is 2.77. The maximum absolute atomic E-state index is 5.44. The highest BCUT2D eigenvalue weighted by Crippen LogP contribution is 2.18. The quantitative estimate of drug-likeness (QED) is 0.596. The van der Waals surface area contributed by atoms with Crippen LogP contribution in [0.25, 0.3) is 0 Å². The molecule has 1 aromatic carbocycles. The van der Waals surface area contributed by atoms with Crippen LogP contribution in [0.3, 0.4) is 0 Å². The van der Waals surface area contributed by atoms with E-state index in [4.69, 9.17) is 9.15 Å². The van der Waals surface area contributed by atoms with E-state index >= 15 is 0 Å². The molecule has 1 N–H and O–H groups in total. The van der Waals surface area contributed by atoms with Crippen molar-refractivity contribution in [2.24, 2.45) is 4.99 Å². The second kappa shape index (κ2) is 9.65. The van der Waals surface area contributed by atoms with Crippen LogP contribution in [0.1, 0.15) is 24.7 Å². The van der Waals surface area contributed by atoms with Crippen molar-refractivity contribution in [1.82, 2.24) is 10.2 Å². The Morgan fingerprint density at radius 2 is 2.08 bits per heavy atom. The number of ether oxygens (including phenoxy) is 1. The summed E-state index contributed by atoms with van der Waals surface area (Å²) < 4.78 is 10.8. The number of aliphatic imine (C=N–C) groups is 1. The van der Waals surface area contributed by atoms with Crippen LogP contribution in [0, 0.1) is 0 Å². The van der Waals surface area contributed by atoms with Crippen LogP contribution in [-0.2, 0) is 13.0 Å². The van der Waals surface area contributed by atoms with E-state index in [1.165, 1.54) is 0 Å². The lowest BCUT2D eigenvalue weighted by Crippen LogP contribution is -2.39. The molecule has 0 aliphatic rings. The second-order valence-electron chi connectivity index (χ2n) is 5.63. The number of hydrogen-bond donors (Lipinski definition) is 1. The van der Waals surface area contributed by atoms with Crippen LogP contribution in [0.5, 0.6) is 5.75 Å². The molecule has 2 rings (SSSR count). The third-order valence-corrected chi connectivity index (χ3v) is 3.68. The molecule has 1 heterocycles. The van der Waals surface area contributed by atoms with Gasteiger partial charge < -0.3 is 19.4 Å². The molecule has 0 saturated carbocycles. The van der Waals surface area contributed by atoms with Crippen LogP contribution >= 0.6 is 0 Å². The van der Waals surface area contributed by atoms with E-state index < -0.39 is 0 Å². The molecule has 0 aliphatic carbocycles. The summed E-state index contributed by atoms with van der Waals surface area (Å²) in [4.78, 5) is 6.79. The van der Waals surface area contributed by atoms with Crippen molar-refractivity contribution in [3.05, 3.63) is 54.0 Å². The fourth-order valence-electron chi connectivity index (χ4n) is 2.45. The van der Waals surface area contributed by atoms with Crippen molar-refractivity contribution in [3.8, 4) is 5.75 Å². The normalized spacial score (nSPS) is 11.4. The van der Waals surface area contributed by atoms with Crippen molar-refractivity contribution >= 4 is 5.96 Å². The Bertz CT molecular complexity index is 623. The summed E-state index contributed by atoms with van der Waals surface area (Å²) in [6.45, 7) is 4.45. The molecule has 24 heavy (non-hydrogen) atoms. The van der Waals surface area contributed by atoms with Gasteiger partial charge in [-0.05, 0) is 24.6 Å². The van der Waals surface area contributed by atoms with Crippen LogP contribution in [-0.4, -0.2) is 38.1 Å². The topological polar surface area (TPSA) is 50.0 Å². The number of benzene rings is 1. The number of nitrogens with one attached hydrogen (secondary N) is 1. The highest BCUT2D eigenvalue weighted by Gasteiger charge is 2.10. The number of methoxy groups -OCH3 is 1. The molecule has 0 aliphatic heterocycles. The van der Waals surface area contributed by atoms with Gasteiger partial charge in [0.15, 0.2) is 5.96 Å². The molecule has 2 aromatic rings.